The molecule has 1 aliphatic heterocycles. The molecule has 19 heavy (non-hydrogen) atoms. The molecule has 1 aromatic carbocycles. The smallest absolute Gasteiger partial charge is 0.259 e. The lowest BCUT2D eigenvalue weighted by Gasteiger charge is -2.17. The number of benzene rings is 1. The van der Waals surface area contributed by atoms with Gasteiger partial charge in [0.2, 0.25) is 0 Å². The minimum atomic E-state index is -0.512. The van der Waals surface area contributed by atoms with Crippen LogP contribution >= 0.6 is 0 Å². The Morgan fingerprint density at radius 1 is 1.32 bits per heavy atom. The largest absolute Gasteiger partial charge is 0.399 e. The van der Waals surface area contributed by atoms with Gasteiger partial charge in [-0.25, -0.2) is 4.39 Å². The molecule has 0 radical (unpaired) electrons. The maximum absolute atomic E-state index is 13.1. The minimum absolute atomic E-state index is 0.240. The Morgan fingerprint density at radius 2 is 2.16 bits per heavy atom. The highest BCUT2D eigenvalue weighted by atomic mass is 19.1. The molecule has 0 unspecified atom stereocenters. The van der Waals surface area contributed by atoms with Crippen LogP contribution in [0.3, 0.4) is 0 Å². The number of aromatic nitrogens is 1. The highest BCUT2D eigenvalue weighted by molar-refractivity contribution is 6.07. The van der Waals surface area contributed by atoms with Crippen LogP contribution in [0.2, 0.25) is 0 Å². The molecule has 1 aromatic heterocycles. The van der Waals surface area contributed by atoms with E-state index in [1.165, 1.54) is 12.3 Å². The number of hydrogen-bond donors (Lipinski definition) is 1. The Labute approximate surface area is 109 Å². The number of hydrogen-bond acceptors (Lipinski definition) is 3. The van der Waals surface area contributed by atoms with Crippen molar-refractivity contribution >= 4 is 17.3 Å². The van der Waals surface area contributed by atoms with Gasteiger partial charge in [-0.05, 0) is 36.2 Å². The van der Waals surface area contributed by atoms with E-state index in [4.69, 9.17) is 5.73 Å². The summed E-state index contributed by atoms with van der Waals surface area (Å²) in [5.41, 5.74) is 8.53. The summed E-state index contributed by atoms with van der Waals surface area (Å²) in [4.78, 5) is 17.7. The van der Waals surface area contributed by atoms with Crippen LogP contribution in [0.5, 0.6) is 0 Å². The van der Waals surface area contributed by atoms with Crippen molar-refractivity contribution in [3.63, 3.8) is 0 Å². The van der Waals surface area contributed by atoms with Crippen molar-refractivity contribution in [2.24, 2.45) is 0 Å². The number of anilines is 2. The number of carbonyl (C=O) groups excluding carboxylic acids is 1. The first-order chi connectivity index (χ1) is 9.15. The van der Waals surface area contributed by atoms with Gasteiger partial charge in [-0.15, -0.1) is 0 Å². The second kappa shape index (κ2) is 4.35. The fourth-order valence-corrected chi connectivity index (χ4v) is 2.32. The molecule has 0 saturated heterocycles. The van der Waals surface area contributed by atoms with Gasteiger partial charge in [0.25, 0.3) is 5.91 Å². The van der Waals surface area contributed by atoms with E-state index >= 15 is 0 Å². The number of amides is 1. The van der Waals surface area contributed by atoms with Gasteiger partial charge in [0.1, 0.15) is 5.82 Å². The van der Waals surface area contributed by atoms with E-state index in [0.717, 1.165) is 23.9 Å². The lowest BCUT2D eigenvalue weighted by Crippen LogP contribution is -2.29. The second-order valence-electron chi connectivity index (χ2n) is 4.49. The molecule has 96 valence electrons. The lowest BCUT2D eigenvalue weighted by molar-refractivity contribution is 0.0988. The summed E-state index contributed by atoms with van der Waals surface area (Å²) in [6.07, 6.45) is 3.21. The SMILES string of the molecule is Nc1ccc2c(c1)CCN2C(=O)c1cncc(F)c1. The summed E-state index contributed by atoms with van der Waals surface area (Å²) in [6, 6.07) is 6.65. The van der Waals surface area contributed by atoms with Crippen molar-refractivity contribution in [1.29, 1.82) is 0 Å². The molecule has 0 atom stereocenters. The first-order valence-electron chi connectivity index (χ1n) is 5.96. The minimum Gasteiger partial charge on any atom is -0.399 e. The highest BCUT2D eigenvalue weighted by Gasteiger charge is 2.25. The number of carbonyl (C=O) groups is 1. The van der Waals surface area contributed by atoms with Crippen LogP contribution in [0.25, 0.3) is 0 Å². The molecule has 2 N–H and O–H groups in total. The van der Waals surface area contributed by atoms with Gasteiger partial charge in [-0.3, -0.25) is 9.78 Å². The normalized spacial score (nSPS) is 13.4. The van der Waals surface area contributed by atoms with Crippen molar-refractivity contribution in [3.8, 4) is 0 Å². The first-order valence-corrected chi connectivity index (χ1v) is 5.96. The highest BCUT2D eigenvalue weighted by Crippen LogP contribution is 2.30. The predicted molar refractivity (Wildman–Crippen MR) is 70.4 cm³/mol. The molecule has 2 aromatic rings. The third-order valence-electron chi connectivity index (χ3n) is 3.20. The van der Waals surface area contributed by atoms with E-state index in [1.807, 2.05) is 12.1 Å². The van der Waals surface area contributed by atoms with Gasteiger partial charge in [0.15, 0.2) is 0 Å². The van der Waals surface area contributed by atoms with Crippen molar-refractivity contribution in [2.75, 3.05) is 17.2 Å². The van der Waals surface area contributed by atoms with Crippen LogP contribution in [0, 0.1) is 5.82 Å². The second-order valence-corrected chi connectivity index (χ2v) is 4.49. The number of nitrogens with zero attached hydrogens (tertiary/aromatic N) is 2. The zero-order valence-corrected chi connectivity index (χ0v) is 10.1. The van der Waals surface area contributed by atoms with E-state index in [2.05, 4.69) is 4.98 Å². The zero-order chi connectivity index (χ0) is 13.4. The first kappa shape index (κ1) is 11.6. The number of fused-ring (bicyclic) bond motifs is 1. The molecule has 4 nitrogen and oxygen atoms in total. The van der Waals surface area contributed by atoms with E-state index in [0.29, 0.717) is 12.2 Å². The van der Waals surface area contributed by atoms with Crippen LogP contribution < -0.4 is 10.6 Å². The van der Waals surface area contributed by atoms with Crippen molar-refractivity contribution in [3.05, 3.63) is 53.6 Å². The van der Waals surface area contributed by atoms with Crippen LogP contribution in [0.1, 0.15) is 15.9 Å². The maximum atomic E-state index is 13.1. The van der Waals surface area contributed by atoms with Gasteiger partial charge in [-0.1, -0.05) is 0 Å². The van der Waals surface area contributed by atoms with Crippen molar-refractivity contribution in [1.82, 2.24) is 4.98 Å². The van der Waals surface area contributed by atoms with Crippen LogP contribution in [0.4, 0.5) is 15.8 Å². The summed E-state index contributed by atoms with van der Waals surface area (Å²) in [5.74, 6) is -0.752. The van der Waals surface area contributed by atoms with Gasteiger partial charge in [-0.2, -0.15) is 0 Å². The predicted octanol–water partition coefficient (Wildman–Crippen LogP) is 2.01. The Hall–Kier alpha value is -2.43. The monoisotopic (exact) mass is 257 g/mol. The average molecular weight is 257 g/mol. The molecule has 0 saturated carbocycles. The molecule has 5 heteroatoms. The molecule has 1 aliphatic rings. The van der Waals surface area contributed by atoms with E-state index in [1.54, 1.807) is 11.0 Å². The molecular formula is C14H12FN3O. The molecule has 2 heterocycles. The molecule has 0 spiro atoms. The van der Waals surface area contributed by atoms with Crippen molar-refractivity contribution < 1.29 is 9.18 Å². The topological polar surface area (TPSA) is 59.2 Å². The molecule has 0 bridgehead atoms. The summed E-state index contributed by atoms with van der Waals surface area (Å²) >= 11 is 0. The number of rotatable bonds is 1. The quantitative estimate of drug-likeness (QED) is 0.795. The van der Waals surface area contributed by atoms with Crippen LogP contribution in [-0.2, 0) is 6.42 Å². The lowest BCUT2D eigenvalue weighted by atomic mass is 10.1. The van der Waals surface area contributed by atoms with Crippen LogP contribution in [-0.4, -0.2) is 17.4 Å². The maximum Gasteiger partial charge on any atom is 0.259 e. The molecule has 0 aliphatic carbocycles. The fraction of sp³-hybridized carbons (Fsp3) is 0.143. The Bertz CT molecular complexity index is 657. The third kappa shape index (κ3) is 2.03. The molecule has 3 rings (SSSR count). The third-order valence-corrected chi connectivity index (χ3v) is 3.20. The van der Waals surface area contributed by atoms with Gasteiger partial charge in [0, 0.05) is 24.1 Å². The number of pyridine rings is 1. The average Bonchev–Trinajstić information content (AvgIpc) is 2.80. The molecular weight excluding hydrogens is 245 g/mol. The van der Waals surface area contributed by atoms with Crippen molar-refractivity contribution in [2.45, 2.75) is 6.42 Å². The van der Waals surface area contributed by atoms with E-state index < -0.39 is 5.82 Å². The summed E-state index contributed by atoms with van der Waals surface area (Å²) < 4.78 is 13.1. The number of nitrogen functional groups attached to an aromatic ring is 1. The summed E-state index contributed by atoms with van der Waals surface area (Å²) in [5, 5.41) is 0. The van der Waals surface area contributed by atoms with E-state index in [9.17, 15) is 9.18 Å². The van der Waals surface area contributed by atoms with E-state index in [-0.39, 0.29) is 11.5 Å². The summed E-state index contributed by atoms with van der Waals surface area (Å²) in [7, 11) is 0. The van der Waals surface area contributed by atoms with Gasteiger partial charge < -0.3 is 10.6 Å². The van der Waals surface area contributed by atoms with Gasteiger partial charge >= 0.3 is 0 Å². The molecule has 0 fully saturated rings. The Morgan fingerprint density at radius 3 is 2.95 bits per heavy atom. The number of nitrogens with two attached hydrogens (primary N) is 1. The fourth-order valence-electron chi connectivity index (χ4n) is 2.32. The Balaban J connectivity index is 1.95. The van der Waals surface area contributed by atoms with Crippen LogP contribution in [0.15, 0.2) is 36.7 Å². The molecule has 1 amide bonds. The standard InChI is InChI=1S/C14H12FN3O/c15-11-5-10(7-17-8-11)14(19)18-4-3-9-6-12(16)1-2-13(9)18/h1-2,5-8H,3-4,16H2. The Kier molecular flexibility index (Phi) is 2.67. The van der Waals surface area contributed by atoms with Gasteiger partial charge in [0.05, 0.1) is 11.8 Å². The zero-order valence-electron chi connectivity index (χ0n) is 10.1. The summed E-state index contributed by atoms with van der Waals surface area (Å²) in [6.45, 7) is 0.578. The number of halogens is 1.